The molecule has 4 aromatic rings. The van der Waals surface area contributed by atoms with E-state index in [-0.39, 0.29) is 8.70 Å². The molecule has 152 valence electrons. The molecule has 4 aromatic carbocycles. The van der Waals surface area contributed by atoms with Crippen LogP contribution in [-0.4, -0.2) is 44.7 Å². The van der Waals surface area contributed by atoms with Crippen LogP contribution in [0.15, 0.2) is 84.9 Å². The van der Waals surface area contributed by atoms with E-state index in [2.05, 4.69) is 0 Å². The molecule has 0 saturated heterocycles. The first kappa shape index (κ1) is 20.9. The summed E-state index contributed by atoms with van der Waals surface area (Å²) in [4.78, 5) is 0. The van der Waals surface area contributed by atoms with E-state index >= 15 is 0 Å². The van der Waals surface area contributed by atoms with Crippen molar-refractivity contribution in [3.63, 3.8) is 0 Å². The molecule has 8 heteroatoms. The second kappa shape index (κ2) is 7.75. The molecule has 0 bridgehead atoms. The van der Waals surface area contributed by atoms with Gasteiger partial charge in [0.2, 0.25) is 0 Å². The number of hydrogen-bond acceptors (Lipinski definition) is 2. The zero-order chi connectivity index (χ0) is 21.5. The quantitative estimate of drug-likeness (QED) is 0.297. The Morgan fingerprint density at radius 3 is 1.10 bits per heavy atom. The third kappa shape index (κ3) is 4.12. The van der Waals surface area contributed by atoms with Gasteiger partial charge in [-0.15, -0.1) is 0 Å². The first-order valence-corrected chi connectivity index (χ1v) is 15.8. The van der Waals surface area contributed by atoms with Crippen LogP contribution in [0.25, 0.3) is 33.0 Å². The molecule has 4 N–H and O–H groups in total. The molecule has 0 aliphatic carbocycles. The molecule has 0 heterocycles. The van der Waals surface area contributed by atoms with Crippen molar-refractivity contribution in [2.45, 2.75) is 0 Å². The van der Waals surface area contributed by atoms with Crippen molar-refractivity contribution in [2.75, 3.05) is 0 Å². The van der Waals surface area contributed by atoms with Gasteiger partial charge in [0.1, 0.15) is 0 Å². The van der Waals surface area contributed by atoms with Crippen molar-refractivity contribution >= 4 is 47.8 Å². The molecular weight excluding hydrogens is 510 g/mol. The van der Waals surface area contributed by atoms with Crippen LogP contribution in [-0.2, 0) is 7.48 Å². The van der Waals surface area contributed by atoms with Gasteiger partial charge < -0.3 is 0 Å². The molecule has 30 heavy (non-hydrogen) atoms. The van der Waals surface area contributed by atoms with Crippen LogP contribution in [0.2, 0.25) is 0 Å². The van der Waals surface area contributed by atoms with Crippen molar-refractivity contribution in [1.29, 1.82) is 0 Å². The SMILES string of the molecule is O=[As](O)(O)c1ccc(-c2cccc3c(-c4ccc([As](=O)(O)O)cc4)cccc23)cc1. The molecule has 0 unspecified atom stereocenters. The molecule has 0 aliphatic heterocycles. The van der Waals surface area contributed by atoms with Gasteiger partial charge in [0.05, 0.1) is 0 Å². The van der Waals surface area contributed by atoms with E-state index in [9.17, 15) is 23.9 Å². The summed E-state index contributed by atoms with van der Waals surface area (Å²) in [5.41, 5.74) is 3.53. The topological polar surface area (TPSA) is 115 Å². The fourth-order valence-electron chi connectivity index (χ4n) is 3.48. The van der Waals surface area contributed by atoms with Crippen molar-refractivity contribution < 1.29 is 23.9 Å². The van der Waals surface area contributed by atoms with Gasteiger partial charge in [0, 0.05) is 0 Å². The molecule has 0 aliphatic rings. The van der Waals surface area contributed by atoms with Gasteiger partial charge in [-0.3, -0.25) is 0 Å². The van der Waals surface area contributed by atoms with E-state index in [0.29, 0.717) is 0 Å². The zero-order valence-corrected chi connectivity index (χ0v) is 19.3. The molecule has 0 aromatic heterocycles. The number of benzene rings is 4. The van der Waals surface area contributed by atoms with Crippen molar-refractivity contribution in [3.05, 3.63) is 84.9 Å². The summed E-state index contributed by atoms with van der Waals surface area (Å²) in [5.74, 6) is 0. The van der Waals surface area contributed by atoms with E-state index in [1.54, 1.807) is 24.3 Å². The maximum atomic E-state index is 11.5. The normalized spacial score (nSPS) is 12.3. The Balaban J connectivity index is 1.83. The molecule has 4 rings (SSSR count). The number of fused-ring (bicyclic) bond motifs is 1. The molecule has 0 fully saturated rings. The Hall–Kier alpha value is -2.30. The van der Waals surface area contributed by atoms with Crippen LogP contribution in [0, 0.1) is 0 Å². The second-order valence-corrected chi connectivity index (χ2v) is 13.6. The van der Waals surface area contributed by atoms with Gasteiger partial charge in [-0.05, 0) is 0 Å². The molecule has 0 saturated carbocycles. The summed E-state index contributed by atoms with van der Waals surface area (Å²) < 4.78 is 60.6. The van der Waals surface area contributed by atoms with Crippen LogP contribution < -0.4 is 8.70 Å². The predicted octanol–water partition coefficient (Wildman–Crippen LogP) is 1.30. The van der Waals surface area contributed by atoms with Gasteiger partial charge in [-0.25, -0.2) is 0 Å². The Labute approximate surface area is 178 Å². The van der Waals surface area contributed by atoms with Crippen LogP contribution in [0.1, 0.15) is 0 Å². The summed E-state index contributed by atoms with van der Waals surface area (Å²) in [5, 5.41) is 1.93. The van der Waals surface area contributed by atoms with Crippen LogP contribution in [0.4, 0.5) is 0 Å². The van der Waals surface area contributed by atoms with E-state index in [1.165, 1.54) is 24.3 Å². The second-order valence-electron chi connectivity index (χ2n) is 6.89. The van der Waals surface area contributed by atoms with Gasteiger partial charge in [-0.2, -0.15) is 0 Å². The minimum absolute atomic E-state index is 0.0319. The van der Waals surface area contributed by atoms with Gasteiger partial charge in [-0.1, -0.05) is 0 Å². The molecule has 0 spiro atoms. The standard InChI is InChI=1S/C22H18As2O6/c25-23(26,27)17-11-7-15(8-12-17)19-3-1-5-21-20(4-2-6-22(19)21)16-9-13-18(14-10-16)24(28,29)30/h1-14H,(H2,25,26,27)(H2,28,29,30). The molecule has 6 nitrogen and oxygen atoms in total. The molecule has 0 amide bonds. The first-order valence-electron chi connectivity index (χ1n) is 8.99. The van der Waals surface area contributed by atoms with Gasteiger partial charge >= 0.3 is 179 Å². The van der Waals surface area contributed by atoms with Crippen molar-refractivity contribution in [3.8, 4) is 22.3 Å². The van der Waals surface area contributed by atoms with E-state index in [1.807, 2.05) is 36.4 Å². The average Bonchev–Trinajstić information content (AvgIpc) is 2.72. The third-order valence-electron chi connectivity index (χ3n) is 4.95. The Bertz CT molecular complexity index is 1210. The summed E-state index contributed by atoms with van der Waals surface area (Å²) >= 11 is -9.86. The maximum absolute atomic E-state index is 11.5. The average molecular weight is 528 g/mol. The van der Waals surface area contributed by atoms with E-state index < -0.39 is 28.3 Å². The predicted molar refractivity (Wildman–Crippen MR) is 116 cm³/mol. The van der Waals surface area contributed by atoms with Crippen molar-refractivity contribution in [2.24, 2.45) is 0 Å². The Kier molecular flexibility index (Phi) is 5.41. The van der Waals surface area contributed by atoms with E-state index in [4.69, 9.17) is 0 Å². The summed E-state index contributed by atoms with van der Waals surface area (Å²) in [6, 6.07) is 24.3. The molecule has 0 radical (unpaired) electrons. The van der Waals surface area contributed by atoms with Crippen LogP contribution in [0.5, 0.6) is 0 Å². The Morgan fingerprint density at radius 2 is 0.800 bits per heavy atom. The molecule has 0 atom stereocenters. The third-order valence-corrected chi connectivity index (χ3v) is 9.03. The fourth-order valence-corrected chi connectivity index (χ4v) is 5.74. The Morgan fingerprint density at radius 1 is 0.467 bits per heavy atom. The number of hydrogen-bond donors (Lipinski definition) is 4. The van der Waals surface area contributed by atoms with Crippen molar-refractivity contribution in [1.82, 2.24) is 0 Å². The van der Waals surface area contributed by atoms with E-state index in [0.717, 1.165) is 33.0 Å². The van der Waals surface area contributed by atoms with Gasteiger partial charge in [0.15, 0.2) is 0 Å². The van der Waals surface area contributed by atoms with Crippen LogP contribution in [0.3, 0.4) is 0 Å². The van der Waals surface area contributed by atoms with Gasteiger partial charge in [0.25, 0.3) is 0 Å². The number of rotatable bonds is 4. The molecular formula is C22H18As2O6. The zero-order valence-electron chi connectivity index (χ0n) is 15.6. The summed E-state index contributed by atoms with van der Waals surface area (Å²) in [6.45, 7) is 0. The first-order chi connectivity index (χ1) is 14.1. The van der Waals surface area contributed by atoms with Crippen LogP contribution >= 0.6 is 0 Å². The monoisotopic (exact) mass is 528 g/mol. The summed E-state index contributed by atoms with van der Waals surface area (Å²) in [6.07, 6.45) is 0. The summed E-state index contributed by atoms with van der Waals surface area (Å²) in [7, 11) is 0. The fraction of sp³-hybridized carbons (Fsp3) is 0. The minimum atomic E-state index is -4.93.